The summed E-state index contributed by atoms with van der Waals surface area (Å²) in [7, 11) is 1.61. The highest BCUT2D eigenvalue weighted by Gasteiger charge is 2.31. The van der Waals surface area contributed by atoms with Crippen molar-refractivity contribution in [3.8, 4) is 11.8 Å². The molecule has 3 atom stereocenters. The van der Waals surface area contributed by atoms with E-state index >= 15 is 0 Å². The molecule has 1 aliphatic heterocycles. The van der Waals surface area contributed by atoms with Gasteiger partial charge in [-0.1, -0.05) is 26.8 Å². The first-order chi connectivity index (χ1) is 19.1. The van der Waals surface area contributed by atoms with E-state index in [9.17, 15) is 19.6 Å². The molecule has 2 aromatic rings. The molecule has 1 aliphatic rings. The number of rotatable bonds is 14. The summed E-state index contributed by atoms with van der Waals surface area (Å²) in [5, 5.41) is 18.8. The minimum Gasteiger partial charge on any atom is -0.490 e. The maximum atomic E-state index is 13.3. The van der Waals surface area contributed by atoms with Gasteiger partial charge in [-0.05, 0) is 49.3 Å². The Morgan fingerprint density at radius 1 is 1.18 bits per heavy atom. The molecular formula is C29H41N5O6. The van der Waals surface area contributed by atoms with Crippen LogP contribution in [0.25, 0.3) is 10.9 Å². The number of amides is 3. The molecule has 3 amide bonds. The molecule has 11 nitrogen and oxygen atoms in total. The number of piperidine rings is 1. The summed E-state index contributed by atoms with van der Waals surface area (Å²) in [4.78, 5) is 41.8. The van der Waals surface area contributed by atoms with E-state index in [0.717, 1.165) is 17.3 Å². The molecule has 1 aromatic heterocycles. The number of methoxy groups -OCH3 is 1. The van der Waals surface area contributed by atoms with Crippen molar-refractivity contribution in [3.63, 3.8) is 0 Å². The Morgan fingerprint density at radius 3 is 2.65 bits per heavy atom. The zero-order chi connectivity index (χ0) is 29.1. The summed E-state index contributed by atoms with van der Waals surface area (Å²) in [5.74, 6) is -0.722. The molecule has 4 N–H and O–H groups in total. The number of carbonyl (C=O) groups is 3. The van der Waals surface area contributed by atoms with Gasteiger partial charge in [0.15, 0.2) is 0 Å². The van der Waals surface area contributed by atoms with Crippen LogP contribution >= 0.6 is 0 Å². The number of hydrogen-bond donors (Lipinski definition) is 4. The van der Waals surface area contributed by atoms with Crippen molar-refractivity contribution < 1.29 is 28.6 Å². The van der Waals surface area contributed by atoms with Gasteiger partial charge < -0.3 is 35.1 Å². The van der Waals surface area contributed by atoms with Gasteiger partial charge in [-0.2, -0.15) is 5.26 Å². The predicted octanol–water partition coefficient (Wildman–Crippen LogP) is 2.67. The average Bonchev–Trinajstić information content (AvgIpc) is 3.36. The number of ether oxygens (including phenoxy) is 3. The normalized spacial score (nSPS) is 17.0. The van der Waals surface area contributed by atoms with Crippen LogP contribution in [-0.4, -0.2) is 74.9 Å². The third kappa shape index (κ3) is 9.24. The molecule has 0 spiro atoms. The molecule has 0 bridgehead atoms. The lowest BCUT2D eigenvalue weighted by Gasteiger charge is -2.28. The number of nitriles is 1. The fourth-order valence-electron chi connectivity index (χ4n) is 4.65. The molecule has 2 heterocycles. The van der Waals surface area contributed by atoms with E-state index in [1.54, 1.807) is 13.2 Å². The number of aromatic nitrogens is 1. The van der Waals surface area contributed by atoms with Gasteiger partial charge in [0, 0.05) is 30.5 Å². The maximum Gasteiger partial charge on any atom is 0.268 e. The largest absolute Gasteiger partial charge is 0.490 e. The summed E-state index contributed by atoms with van der Waals surface area (Å²) < 4.78 is 16.3. The van der Waals surface area contributed by atoms with Gasteiger partial charge in [-0.3, -0.25) is 14.4 Å². The van der Waals surface area contributed by atoms with Gasteiger partial charge in [-0.15, -0.1) is 0 Å². The molecule has 218 valence electrons. The molecule has 1 unspecified atom stereocenters. The van der Waals surface area contributed by atoms with Crippen molar-refractivity contribution >= 4 is 28.6 Å². The van der Waals surface area contributed by atoms with E-state index in [1.165, 1.54) is 0 Å². The van der Waals surface area contributed by atoms with E-state index in [1.807, 2.05) is 39.0 Å². The zero-order valence-electron chi connectivity index (χ0n) is 23.8. The summed E-state index contributed by atoms with van der Waals surface area (Å²) in [6, 6.07) is 7.55. The van der Waals surface area contributed by atoms with Crippen molar-refractivity contribution in [2.24, 2.45) is 11.3 Å². The number of aromatic amines is 1. The second-order valence-electron chi connectivity index (χ2n) is 11.2. The number of carbonyl (C=O) groups excluding carboxylic acids is 3. The second-order valence-corrected chi connectivity index (χ2v) is 11.2. The van der Waals surface area contributed by atoms with Crippen LogP contribution in [0.15, 0.2) is 24.3 Å². The number of H-pyrrole nitrogens is 1. The zero-order valence-corrected chi connectivity index (χ0v) is 23.8. The van der Waals surface area contributed by atoms with E-state index in [4.69, 9.17) is 14.2 Å². The van der Waals surface area contributed by atoms with E-state index in [0.29, 0.717) is 51.6 Å². The molecular weight excluding hydrogens is 514 g/mol. The van der Waals surface area contributed by atoms with Crippen LogP contribution < -0.4 is 20.7 Å². The molecule has 1 saturated heterocycles. The standard InChI is InChI=1S/C29H41N5O6/c1-29(2,3)17-24(28(37)32-20(18-30)15-19-7-6-10-31-26(19)35)34-27(36)23-16-21-22(33-23)8-5-9-25(21)40-14-13-39-12-11-38-4/h5,8-9,16,19-20,24,33H,6-7,10-15,17H2,1-4H3,(H,31,35)(H,32,37)(H,34,36)/t19?,20-,24-/m0/s1. The minimum atomic E-state index is -0.880. The average molecular weight is 556 g/mol. The molecule has 0 radical (unpaired) electrons. The highest BCUT2D eigenvalue weighted by molar-refractivity contribution is 6.01. The Labute approximate surface area is 235 Å². The number of benzene rings is 1. The monoisotopic (exact) mass is 555 g/mol. The summed E-state index contributed by atoms with van der Waals surface area (Å²) in [6.45, 7) is 8.27. The summed E-state index contributed by atoms with van der Waals surface area (Å²) in [5.41, 5.74) is 0.716. The lowest BCUT2D eigenvalue weighted by Crippen LogP contribution is -2.51. The molecule has 40 heavy (non-hydrogen) atoms. The highest BCUT2D eigenvalue weighted by Crippen LogP contribution is 2.27. The molecule has 3 rings (SSSR count). The third-order valence-electron chi connectivity index (χ3n) is 6.62. The lowest BCUT2D eigenvalue weighted by atomic mass is 9.87. The third-order valence-corrected chi connectivity index (χ3v) is 6.62. The van der Waals surface area contributed by atoms with Gasteiger partial charge >= 0.3 is 0 Å². The fraction of sp³-hybridized carbons (Fsp3) is 0.586. The van der Waals surface area contributed by atoms with Crippen molar-refractivity contribution in [3.05, 3.63) is 30.0 Å². The number of nitrogens with one attached hydrogen (secondary N) is 4. The highest BCUT2D eigenvalue weighted by atomic mass is 16.5. The number of fused-ring (bicyclic) bond motifs is 1. The van der Waals surface area contributed by atoms with Crippen LogP contribution in [-0.2, 0) is 19.1 Å². The first kappa shape index (κ1) is 30.9. The molecule has 0 aliphatic carbocycles. The topological polar surface area (TPSA) is 155 Å². The van der Waals surface area contributed by atoms with Crippen LogP contribution in [0.3, 0.4) is 0 Å². The van der Waals surface area contributed by atoms with Gasteiger partial charge in [0.25, 0.3) is 5.91 Å². The van der Waals surface area contributed by atoms with Crippen LogP contribution in [0.4, 0.5) is 0 Å². The van der Waals surface area contributed by atoms with Crippen molar-refractivity contribution in [2.75, 3.05) is 40.1 Å². The lowest BCUT2D eigenvalue weighted by molar-refractivity contribution is -0.128. The Bertz CT molecular complexity index is 1200. The van der Waals surface area contributed by atoms with E-state index < -0.39 is 23.9 Å². The van der Waals surface area contributed by atoms with Crippen LogP contribution in [0.5, 0.6) is 5.75 Å². The first-order valence-corrected chi connectivity index (χ1v) is 13.7. The van der Waals surface area contributed by atoms with Gasteiger partial charge in [-0.25, -0.2) is 0 Å². The predicted molar refractivity (Wildman–Crippen MR) is 150 cm³/mol. The Morgan fingerprint density at radius 2 is 1.95 bits per heavy atom. The summed E-state index contributed by atoms with van der Waals surface area (Å²) >= 11 is 0. The molecule has 0 saturated carbocycles. The smallest absolute Gasteiger partial charge is 0.268 e. The van der Waals surface area contributed by atoms with Gasteiger partial charge in [0.1, 0.15) is 30.1 Å². The van der Waals surface area contributed by atoms with E-state index in [-0.39, 0.29) is 29.4 Å². The quantitative estimate of drug-likeness (QED) is 0.261. The van der Waals surface area contributed by atoms with Gasteiger partial charge in [0.2, 0.25) is 11.8 Å². The second kappa shape index (κ2) is 14.7. The molecule has 11 heteroatoms. The van der Waals surface area contributed by atoms with E-state index in [2.05, 4.69) is 27.0 Å². The SMILES string of the molecule is COCCOCCOc1cccc2[nH]c(C(=O)N[C@@H](CC(C)(C)C)C(=O)N[C@H](C#N)CC3CCCNC3=O)cc12. The Balaban J connectivity index is 1.68. The molecule has 1 aromatic carbocycles. The van der Waals surface area contributed by atoms with Crippen LogP contribution in [0.2, 0.25) is 0 Å². The number of hydrogen-bond acceptors (Lipinski definition) is 7. The summed E-state index contributed by atoms with van der Waals surface area (Å²) in [6.07, 6.45) is 2.09. The van der Waals surface area contributed by atoms with Crippen LogP contribution in [0.1, 0.15) is 56.9 Å². The van der Waals surface area contributed by atoms with Gasteiger partial charge in [0.05, 0.1) is 25.9 Å². The maximum absolute atomic E-state index is 13.3. The number of nitrogens with zero attached hydrogens (tertiary/aromatic N) is 1. The Kier molecular flexibility index (Phi) is 11.3. The van der Waals surface area contributed by atoms with Crippen molar-refractivity contribution in [1.82, 2.24) is 20.9 Å². The van der Waals surface area contributed by atoms with Crippen molar-refractivity contribution in [2.45, 2.75) is 58.5 Å². The Hall–Kier alpha value is -3.62. The van der Waals surface area contributed by atoms with Crippen LogP contribution in [0, 0.1) is 22.7 Å². The fourth-order valence-corrected chi connectivity index (χ4v) is 4.65. The van der Waals surface area contributed by atoms with Crippen molar-refractivity contribution in [1.29, 1.82) is 5.26 Å². The molecule has 1 fully saturated rings. The minimum absolute atomic E-state index is 0.0962. The first-order valence-electron chi connectivity index (χ1n) is 13.7.